The van der Waals surface area contributed by atoms with Crippen molar-refractivity contribution in [3.63, 3.8) is 0 Å². The average Bonchev–Trinajstić information content (AvgIpc) is 2.47. The van der Waals surface area contributed by atoms with E-state index >= 15 is 0 Å². The first-order chi connectivity index (χ1) is 9.65. The molecule has 6 heteroatoms. The zero-order valence-corrected chi connectivity index (χ0v) is 10.1. The van der Waals surface area contributed by atoms with E-state index in [1.165, 1.54) is 24.3 Å². The average molecular weight is 268 g/mol. The zero-order chi connectivity index (χ0) is 14.1. The number of non-ortho nitro benzene ring substituents is 1. The minimum atomic E-state index is -0.492. The number of benzene rings is 2. The standard InChI is InChI=1S/C14H8N2O4/c17-13-11-3-1-2-4-12(11)20-14(15-13)9-5-7-10(8-6-9)16(18)19/h1-8H. The molecule has 20 heavy (non-hydrogen) atoms. The van der Waals surface area contributed by atoms with Crippen molar-refractivity contribution >= 4 is 16.7 Å². The molecule has 0 saturated heterocycles. The van der Waals surface area contributed by atoms with Gasteiger partial charge in [-0.1, -0.05) is 12.1 Å². The Hall–Kier alpha value is -3.02. The number of rotatable bonds is 2. The van der Waals surface area contributed by atoms with Crippen LogP contribution in [-0.2, 0) is 0 Å². The SMILES string of the molecule is O=c1nc(-c2ccc([N+](=O)[O-])cc2)oc2ccccc12. The van der Waals surface area contributed by atoms with Crippen LogP contribution in [0.3, 0.4) is 0 Å². The third kappa shape index (κ3) is 2.03. The predicted octanol–water partition coefficient (Wildman–Crippen LogP) is 2.76. The maximum absolute atomic E-state index is 11.9. The fourth-order valence-corrected chi connectivity index (χ4v) is 1.86. The topological polar surface area (TPSA) is 86.2 Å². The molecular weight excluding hydrogens is 260 g/mol. The number of nitro groups is 1. The van der Waals surface area contributed by atoms with Crippen molar-refractivity contribution in [1.29, 1.82) is 0 Å². The Bertz CT molecular complexity index is 853. The van der Waals surface area contributed by atoms with Crippen LogP contribution >= 0.6 is 0 Å². The molecule has 0 spiro atoms. The van der Waals surface area contributed by atoms with E-state index in [0.717, 1.165) is 0 Å². The zero-order valence-electron chi connectivity index (χ0n) is 10.1. The van der Waals surface area contributed by atoms with E-state index in [4.69, 9.17) is 4.42 Å². The van der Waals surface area contributed by atoms with E-state index in [0.29, 0.717) is 16.5 Å². The van der Waals surface area contributed by atoms with Crippen LogP contribution in [0, 0.1) is 10.1 Å². The molecule has 6 nitrogen and oxygen atoms in total. The first kappa shape index (κ1) is 12.0. The fourth-order valence-electron chi connectivity index (χ4n) is 1.86. The van der Waals surface area contributed by atoms with Gasteiger partial charge in [0.05, 0.1) is 10.3 Å². The molecular formula is C14H8N2O4. The predicted molar refractivity (Wildman–Crippen MR) is 72.4 cm³/mol. The van der Waals surface area contributed by atoms with Gasteiger partial charge in [0.1, 0.15) is 5.58 Å². The van der Waals surface area contributed by atoms with E-state index in [1.54, 1.807) is 24.3 Å². The van der Waals surface area contributed by atoms with Crippen LogP contribution in [0.5, 0.6) is 0 Å². The maximum atomic E-state index is 11.9. The lowest BCUT2D eigenvalue weighted by Gasteiger charge is -2.01. The van der Waals surface area contributed by atoms with Crippen LogP contribution in [0.2, 0.25) is 0 Å². The van der Waals surface area contributed by atoms with Crippen LogP contribution in [0.4, 0.5) is 5.69 Å². The molecule has 0 amide bonds. The normalized spacial score (nSPS) is 10.6. The number of aromatic nitrogens is 1. The van der Waals surface area contributed by atoms with Crippen LogP contribution in [0.15, 0.2) is 57.7 Å². The number of nitro benzene ring substituents is 1. The van der Waals surface area contributed by atoms with Crippen molar-refractivity contribution in [2.75, 3.05) is 0 Å². The molecule has 0 fully saturated rings. The van der Waals surface area contributed by atoms with Gasteiger partial charge in [-0.15, -0.1) is 0 Å². The van der Waals surface area contributed by atoms with E-state index in [9.17, 15) is 14.9 Å². The van der Waals surface area contributed by atoms with Gasteiger partial charge < -0.3 is 4.42 Å². The summed E-state index contributed by atoms with van der Waals surface area (Å²) in [6.07, 6.45) is 0. The number of fused-ring (bicyclic) bond motifs is 1. The molecule has 0 aliphatic rings. The van der Waals surface area contributed by atoms with Crippen molar-refractivity contribution in [2.45, 2.75) is 0 Å². The van der Waals surface area contributed by atoms with E-state index < -0.39 is 4.92 Å². The van der Waals surface area contributed by atoms with Crippen molar-refractivity contribution in [1.82, 2.24) is 4.98 Å². The van der Waals surface area contributed by atoms with E-state index in [-0.39, 0.29) is 17.1 Å². The smallest absolute Gasteiger partial charge is 0.284 e. The first-order valence-corrected chi connectivity index (χ1v) is 5.80. The summed E-state index contributed by atoms with van der Waals surface area (Å²) in [5, 5.41) is 11.0. The summed E-state index contributed by atoms with van der Waals surface area (Å²) in [4.78, 5) is 25.8. The van der Waals surface area contributed by atoms with Gasteiger partial charge in [-0.25, -0.2) is 0 Å². The summed E-state index contributed by atoms with van der Waals surface area (Å²) in [6.45, 7) is 0. The minimum Gasteiger partial charge on any atom is -0.437 e. The minimum absolute atomic E-state index is 0.0307. The summed E-state index contributed by atoms with van der Waals surface area (Å²) < 4.78 is 5.55. The van der Waals surface area contributed by atoms with E-state index in [2.05, 4.69) is 4.98 Å². The molecule has 98 valence electrons. The van der Waals surface area contributed by atoms with Gasteiger partial charge in [0.2, 0.25) is 5.89 Å². The van der Waals surface area contributed by atoms with Gasteiger partial charge in [0, 0.05) is 17.7 Å². The monoisotopic (exact) mass is 268 g/mol. The molecule has 0 atom stereocenters. The number of hydrogen-bond donors (Lipinski definition) is 0. The molecule has 3 aromatic rings. The summed E-state index contributed by atoms with van der Waals surface area (Å²) in [7, 11) is 0. The Morgan fingerprint density at radius 1 is 1.05 bits per heavy atom. The van der Waals surface area contributed by atoms with Crippen molar-refractivity contribution in [2.24, 2.45) is 0 Å². The maximum Gasteiger partial charge on any atom is 0.284 e. The molecule has 0 aliphatic heterocycles. The second-order valence-electron chi connectivity index (χ2n) is 4.12. The first-order valence-electron chi connectivity index (χ1n) is 5.80. The highest BCUT2D eigenvalue weighted by atomic mass is 16.6. The van der Waals surface area contributed by atoms with Crippen LogP contribution in [-0.4, -0.2) is 9.91 Å². The number of nitrogens with zero attached hydrogens (tertiary/aromatic N) is 2. The third-order valence-electron chi connectivity index (χ3n) is 2.85. The highest BCUT2D eigenvalue weighted by molar-refractivity contribution is 5.76. The van der Waals surface area contributed by atoms with Crippen molar-refractivity contribution < 1.29 is 9.34 Å². The van der Waals surface area contributed by atoms with Crippen molar-refractivity contribution in [3.8, 4) is 11.5 Å². The van der Waals surface area contributed by atoms with Crippen LogP contribution in [0.25, 0.3) is 22.4 Å². The van der Waals surface area contributed by atoms with Gasteiger partial charge in [0.25, 0.3) is 11.2 Å². The summed E-state index contributed by atoms with van der Waals surface area (Å²) in [6, 6.07) is 12.5. The Morgan fingerprint density at radius 3 is 2.45 bits per heavy atom. The summed E-state index contributed by atoms with van der Waals surface area (Å²) in [5.41, 5.74) is 0.524. The van der Waals surface area contributed by atoms with Crippen molar-refractivity contribution in [3.05, 3.63) is 69.0 Å². The second-order valence-corrected chi connectivity index (χ2v) is 4.12. The summed E-state index contributed by atoms with van der Waals surface area (Å²) >= 11 is 0. The largest absolute Gasteiger partial charge is 0.437 e. The molecule has 2 aromatic carbocycles. The second kappa shape index (κ2) is 4.58. The molecule has 0 unspecified atom stereocenters. The van der Waals surface area contributed by atoms with Gasteiger partial charge in [-0.2, -0.15) is 4.98 Å². The van der Waals surface area contributed by atoms with Crippen LogP contribution < -0.4 is 5.56 Å². The molecule has 1 aromatic heterocycles. The molecule has 0 bridgehead atoms. The fraction of sp³-hybridized carbons (Fsp3) is 0. The summed E-state index contributed by atoms with van der Waals surface area (Å²) in [5.74, 6) is 0.142. The molecule has 0 saturated carbocycles. The Kier molecular flexibility index (Phi) is 2.76. The highest BCUT2D eigenvalue weighted by Gasteiger charge is 2.10. The molecule has 0 radical (unpaired) electrons. The van der Waals surface area contributed by atoms with Gasteiger partial charge in [-0.05, 0) is 24.3 Å². The highest BCUT2D eigenvalue weighted by Crippen LogP contribution is 2.22. The number of para-hydroxylation sites is 1. The number of hydrogen-bond acceptors (Lipinski definition) is 5. The van der Waals surface area contributed by atoms with Gasteiger partial charge in [-0.3, -0.25) is 14.9 Å². The Balaban J connectivity index is 2.14. The lowest BCUT2D eigenvalue weighted by molar-refractivity contribution is -0.384. The Labute approximate surface area is 112 Å². The lowest BCUT2D eigenvalue weighted by atomic mass is 10.2. The molecule has 0 aliphatic carbocycles. The molecule has 0 N–H and O–H groups in total. The quantitative estimate of drug-likeness (QED) is 0.527. The third-order valence-corrected chi connectivity index (χ3v) is 2.85. The molecule has 3 rings (SSSR count). The van der Waals surface area contributed by atoms with Gasteiger partial charge >= 0.3 is 0 Å². The van der Waals surface area contributed by atoms with E-state index in [1.807, 2.05) is 0 Å². The lowest BCUT2D eigenvalue weighted by Crippen LogP contribution is -2.06. The Morgan fingerprint density at radius 2 is 1.75 bits per heavy atom. The molecule has 1 heterocycles. The van der Waals surface area contributed by atoms with Crippen LogP contribution in [0.1, 0.15) is 0 Å². The van der Waals surface area contributed by atoms with Gasteiger partial charge in [0.15, 0.2) is 0 Å².